The van der Waals surface area contributed by atoms with E-state index >= 15 is 0 Å². The molecule has 0 spiro atoms. The van der Waals surface area contributed by atoms with Crippen molar-refractivity contribution < 1.29 is 4.79 Å². The molecule has 0 aliphatic heterocycles. The van der Waals surface area contributed by atoms with Gasteiger partial charge in [-0.1, -0.05) is 30.5 Å². The summed E-state index contributed by atoms with van der Waals surface area (Å²) in [5.74, 6) is 0.104. The van der Waals surface area contributed by atoms with E-state index in [1.165, 1.54) is 0 Å². The van der Waals surface area contributed by atoms with Gasteiger partial charge >= 0.3 is 0 Å². The lowest BCUT2D eigenvalue weighted by atomic mass is 10.2. The largest absolute Gasteiger partial charge is 0.295 e. The molecule has 0 unspecified atom stereocenters. The molecule has 0 bridgehead atoms. The number of benzene rings is 1. The van der Waals surface area contributed by atoms with Crippen molar-refractivity contribution >= 4 is 17.5 Å². The lowest BCUT2D eigenvalue weighted by Gasteiger charge is -2.00. The first-order valence-corrected chi connectivity index (χ1v) is 4.85. The maximum atomic E-state index is 11.0. The van der Waals surface area contributed by atoms with Crippen LogP contribution in [0.5, 0.6) is 0 Å². The highest BCUT2D eigenvalue weighted by Crippen LogP contribution is 2.24. The molecular formula is C11H12OS. The number of ketones is 1. The van der Waals surface area contributed by atoms with Gasteiger partial charge in [0.2, 0.25) is 0 Å². The van der Waals surface area contributed by atoms with E-state index in [2.05, 4.69) is 6.58 Å². The van der Waals surface area contributed by atoms with E-state index in [0.717, 1.165) is 15.4 Å². The molecule has 0 radical (unpaired) electrons. The molecule has 13 heavy (non-hydrogen) atoms. The van der Waals surface area contributed by atoms with Gasteiger partial charge in [-0.15, -0.1) is 0 Å². The molecule has 0 aliphatic rings. The predicted molar refractivity (Wildman–Crippen MR) is 57.1 cm³/mol. The standard InChI is InChI=1S/C11H12OS/c1-8(2)13-11-6-4-10(5-7-11)9(3)12/h4-7H,1H2,2-3H3. The Labute approximate surface area is 82.9 Å². The van der Waals surface area contributed by atoms with Crippen molar-refractivity contribution in [2.75, 3.05) is 0 Å². The molecule has 0 fully saturated rings. The fourth-order valence-corrected chi connectivity index (χ4v) is 1.63. The van der Waals surface area contributed by atoms with E-state index in [1.54, 1.807) is 18.7 Å². The van der Waals surface area contributed by atoms with Crippen LogP contribution in [0.2, 0.25) is 0 Å². The third kappa shape index (κ3) is 3.07. The average Bonchev–Trinajstić information content (AvgIpc) is 2.04. The van der Waals surface area contributed by atoms with Crippen molar-refractivity contribution in [3.63, 3.8) is 0 Å². The molecule has 2 heteroatoms. The first kappa shape index (κ1) is 10.1. The fraction of sp³-hybridized carbons (Fsp3) is 0.182. The summed E-state index contributed by atoms with van der Waals surface area (Å²) in [6, 6.07) is 7.56. The summed E-state index contributed by atoms with van der Waals surface area (Å²) in [5.41, 5.74) is 0.756. The van der Waals surface area contributed by atoms with E-state index in [-0.39, 0.29) is 5.78 Å². The van der Waals surface area contributed by atoms with E-state index in [4.69, 9.17) is 0 Å². The zero-order valence-corrected chi connectivity index (χ0v) is 8.65. The lowest BCUT2D eigenvalue weighted by molar-refractivity contribution is 0.101. The van der Waals surface area contributed by atoms with Crippen molar-refractivity contribution in [3.05, 3.63) is 41.3 Å². The minimum Gasteiger partial charge on any atom is -0.295 e. The molecule has 0 aliphatic carbocycles. The molecule has 68 valence electrons. The molecule has 0 atom stereocenters. The van der Waals surface area contributed by atoms with Gasteiger partial charge in [0, 0.05) is 10.5 Å². The van der Waals surface area contributed by atoms with Gasteiger partial charge < -0.3 is 0 Å². The van der Waals surface area contributed by atoms with Crippen LogP contribution in [-0.4, -0.2) is 5.78 Å². The summed E-state index contributed by atoms with van der Waals surface area (Å²) in [6.07, 6.45) is 0. The third-order valence-corrected chi connectivity index (χ3v) is 2.41. The summed E-state index contributed by atoms with van der Waals surface area (Å²) in [4.78, 5) is 13.1. The van der Waals surface area contributed by atoms with Crippen LogP contribution in [0.15, 0.2) is 40.6 Å². The third-order valence-electron chi connectivity index (χ3n) is 1.55. The maximum Gasteiger partial charge on any atom is 0.159 e. The Bertz CT molecular complexity index is 324. The van der Waals surface area contributed by atoms with E-state index in [1.807, 2.05) is 31.2 Å². The van der Waals surface area contributed by atoms with Gasteiger partial charge in [0.25, 0.3) is 0 Å². The second-order valence-corrected chi connectivity index (χ2v) is 4.26. The van der Waals surface area contributed by atoms with E-state index in [9.17, 15) is 4.79 Å². The van der Waals surface area contributed by atoms with E-state index in [0.29, 0.717) is 0 Å². The highest BCUT2D eigenvalue weighted by atomic mass is 32.2. The number of rotatable bonds is 3. The van der Waals surface area contributed by atoms with Crippen LogP contribution in [0.4, 0.5) is 0 Å². The monoisotopic (exact) mass is 192 g/mol. The Hall–Kier alpha value is -1.02. The van der Waals surface area contributed by atoms with Gasteiger partial charge in [0.1, 0.15) is 0 Å². The molecule has 1 aromatic rings. The molecule has 0 amide bonds. The minimum atomic E-state index is 0.104. The first-order valence-electron chi connectivity index (χ1n) is 4.04. The van der Waals surface area contributed by atoms with Crippen LogP contribution in [0.3, 0.4) is 0 Å². The Kier molecular flexibility index (Phi) is 3.32. The van der Waals surface area contributed by atoms with Crippen molar-refractivity contribution in [1.29, 1.82) is 0 Å². The number of hydrogen-bond donors (Lipinski definition) is 0. The summed E-state index contributed by atoms with van der Waals surface area (Å²) in [5, 5.41) is 0. The van der Waals surface area contributed by atoms with Crippen LogP contribution in [0.25, 0.3) is 0 Å². The smallest absolute Gasteiger partial charge is 0.159 e. The van der Waals surface area contributed by atoms with Crippen molar-refractivity contribution in [2.24, 2.45) is 0 Å². The van der Waals surface area contributed by atoms with Crippen molar-refractivity contribution in [1.82, 2.24) is 0 Å². The maximum absolute atomic E-state index is 11.0. The van der Waals surface area contributed by atoms with Crippen LogP contribution in [-0.2, 0) is 0 Å². The zero-order valence-electron chi connectivity index (χ0n) is 7.83. The molecular weight excluding hydrogens is 180 g/mol. The normalized spacial score (nSPS) is 9.69. The first-order chi connectivity index (χ1) is 6.09. The molecule has 0 saturated carbocycles. The average molecular weight is 192 g/mol. The second-order valence-electron chi connectivity index (χ2n) is 2.88. The zero-order chi connectivity index (χ0) is 9.84. The number of allylic oxidation sites excluding steroid dienone is 1. The summed E-state index contributed by atoms with van der Waals surface area (Å²) < 4.78 is 0. The Morgan fingerprint density at radius 3 is 2.15 bits per heavy atom. The number of Topliss-reactive ketones (excluding diaryl/α,β-unsaturated/α-hetero) is 1. The minimum absolute atomic E-state index is 0.104. The number of carbonyl (C=O) groups is 1. The molecule has 0 heterocycles. The van der Waals surface area contributed by atoms with Gasteiger partial charge in [-0.05, 0) is 30.9 Å². The van der Waals surface area contributed by atoms with Crippen LogP contribution >= 0.6 is 11.8 Å². The predicted octanol–water partition coefficient (Wildman–Crippen LogP) is 3.51. The number of hydrogen-bond acceptors (Lipinski definition) is 2. The Morgan fingerprint density at radius 1 is 1.23 bits per heavy atom. The SMILES string of the molecule is C=C(C)Sc1ccc(C(C)=O)cc1. The van der Waals surface area contributed by atoms with Crippen LogP contribution < -0.4 is 0 Å². The molecule has 0 saturated heterocycles. The van der Waals surface area contributed by atoms with Crippen LogP contribution in [0, 0.1) is 0 Å². The number of thioether (sulfide) groups is 1. The van der Waals surface area contributed by atoms with E-state index < -0.39 is 0 Å². The summed E-state index contributed by atoms with van der Waals surface area (Å²) >= 11 is 1.61. The molecule has 0 N–H and O–H groups in total. The van der Waals surface area contributed by atoms with Gasteiger partial charge in [-0.25, -0.2) is 0 Å². The van der Waals surface area contributed by atoms with Gasteiger partial charge in [0.15, 0.2) is 5.78 Å². The molecule has 0 aromatic heterocycles. The quantitative estimate of drug-likeness (QED) is 0.538. The summed E-state index contributed by atoms with van der Waals surface area (Å²) in [7, 11) is 0. The Morgan fingerprint density at radius 2 is 1.77 bits per heavy atom. The number of carbonyl (C=O) groups excluding carboxylic acids is 1. The highest BCUT2D eigenvalue weighted by Gasteiger charge is 1.98. The second kappa shape index (κ2) is 4.28. The Balaban J connectivity index is 2.81. The topological polar surface area (TPSA) is 17.1 Å². The highest BCUT2D eigenvalue weighted by molar-refractivity contribution is 8.03. The lowest BCUT2D eigenvalue weighted by Crippen LogP contribution is -1.90. The summed E-state index contributed by atoms with van der Waals surface area (Å²) in [6.45, 7) is 7.34. The molecule has 1 nitrogen and oxygen atoms in total. The van der Waals surface area contributed by atoms with Crippen LogP contribution in [0.1, 0.15) is 24.2 Å². The van der Waals surface area contributed by atoms with Gasteiger partial charge in [0.05, 0.1) is 0 Å². The van der Waals surface area contributed by atoms with Gasteiger partial charge in [-0.2, -0.15) is 0 Å². The van der Waals surface area contributed by atoms with Crippen molar-refractivity contribution in [3.8, 4) is 0 Å². The molecule has 1 aromatic carbocycles. The van der Waals surface area contributed by atoms with Gasteiger partial charge in [-0.3, -0.25) is 4.79 Å². The van der Waals surface area contributed by atoms with Crippen molar-refractivity contribution in [2.45, 2.75) is 18.7 Å². The fourth-order valence-electron chi connectivity index (χ4n) is 0.959. The molecule has 1 rings (SSSR count).